The third-order valence-corrected chi connectivity index (χ3v) is 7.43. The molecule has 9 nitrogen and oxygen atoms in total. The van der Waals surface area contributed by atoms with Crippen LogP contribution in [0.3, 0.4) is 0 Å². The highest BCUT2D eigenvalue weighted by atomic mass is 16.6. The summed E-state index contributed by atoms with van der Waals surface area (Å²) in [5, 5.41) is 2.98. The molecule has 2 aliphatic rings. The van der Waals surface area contributed by atoms with Crippen LogP contribution in [0.4, 0.5) is 10.5 Å². The third kappa shape index (κ3) is 7.07. The fourth-order valence-electron chi connectivity index (χ4n) is 5.16. The van der Waals surface area contributed by atoms with E-state index >= 15 is 0 Å². The minimum absolute atomic E-state index is 0.164. The Morgan fingerprint density at radius 2 is 1.87 bits per heavy atom. The van der Waals surface area contributed by atoms with E-state index in [2.05, 4.69) is 20.2 Å². The standard InChI is InChI=1S/C30H40N6O3/c1-30(2,3)39-29(38)36(18-22-8-7-9-22)20-23-10-11-27-33-25(21-35(27)19-23)16-32-28(37)24-14-26(17-31-15-24)34-12-5-4-6-13-34/h10-11,14-15,17,19,21-22H,4-9,12-13,16,18,20H2,1-3H3,(H,32,37). The molecule has 1 aliphatic carbocycles. The van der Waals surface area contributed by atoms with Gasteiger partial charge in [0.15, 0.2) is 0 Å². The SMILES string of the molecule is CC(C)(C)OC(=O)N(Cc1ccc2nc(CNC(=O)c3cncc(N4CCCCC4)c3)cn2c1)CC1CCC1. The molecule has 0 aromatic carbocycles. The molecule has 2 amide bonds. The number of carbonyl (C=O) groups is 2. The van der Waals surface area contributed by atoms with Gasteiger partial charge in [-0.15, -0.1) is 0 Å². The van der Waals surface area contributed by atoms with Crippen molar-refractivity contribution >= 4 is 23.3 Å². The number of ether oxygens (including phenoxy) is 1. The number of imidazole rings is 1. The fourth-order valence-corrected chi connectivity index (χ4v) is 5.16. The van der Waals surface area contributed by atoms with Gasteiger partial charge in [-0.05, 0) is 76.5 Å². The van der Waals surface area contributed by atoms with Gasteiger partial charge < -0.3 is 24.3 Å². The van der Waals surface area contributed by atoms with Crippen molar-refractivity contribution in [2.75, 3.05) is 24.5 Å². The molecule has 5 rings (SSSR count). The predicted molar refractivity (Wildman–Crippen MR) is 151 cm³/mol. The molecule has 2 fully saturated rings. The first-order valence-corrected chi connectivity index (χ1v) is 14.2. The quantitative estimate of drug-likeness (QED) is 0.429. The number of aromatic nitrogens is 3. The maximum absolute atomic E-state index is 12.9. The van der Waals surface area contributed by atoms with Gasteiger partial charge >= 0.3 is 6.09 Å². The topological polar surface area (TPSA) is 92.1 Å². The lowest BCUT2D eigenvalue weighted by Gasteiger charge is -2.33. The molecule has 3 aromatic heterocycles. The van der Waals surface area contributed by atoms with Crippen molar-refractivity contribution in [3.63, 3.8) is 0 Å². The van der Waals surface area contributed by atoms with E-state index in [1.165, 1.54) is 25.7 Å². The molecule has 0 radical (unpaired) electrons. The lowest BCUT2D eigenvalue weighted by atomic mass is 9.85. The minimum atomic E-state index is -0.534. The first-order chi connectivity index (χ1) is 18.7. The molecule has 0 spiro atoms. The van der Waals surface area contributed by atoms with Crippen LogP contribution in [0.2, 0.25) is 0 Å². The molecule has 1 saturated carbocycles. The Morgan fingerprint density at radius 1 is 1.08 bits per heavy atom. The zero-order valence-corrected chi connectivity index (χ0v) is 23.4. The number of carbonyl (C=O) groups excluding carboxylic acids is 2. The molecule has 0 atom stereocenters. The lowest BCUT2D eigenvalue weighted by molar-refractivity contribution is 0.0173. The van der Waals surface area contributed by atoms with Crippen molar-refractivity contribution in [2.24, 2.45) is 5.92 Å². The Morgan fingerprint density at radius 3 is 2.59 bits per heavy atom. The molecule has 39 heavy (non-hydrogen) atoms. The zero-order valence-electron chi connectivity index (χ0n) is 23.4. The van der Waals surface area contributed by atoms with Gasteiger partial charge in [0.1, 0.15) is 11.2 Å². The average Bonchev–Trinajstić information content (AvgIpc) is 3.30. The van der Waals surface area contributed by atoms with Crippen LogP contribution >= 0.6 is 0 Å². The van der Waals surface area contributed by atoms with Crippen LogP contribution in [0, 0.1) is 5.92 Å². The highest BCUT2D eigenvalue weighted by Gasteiger charge is 2.27. The fraction of sp³-hybridized carbons (Fsp3) is 0.533. The largest absolute Gasteiger partial charge is 0.444 e. The summed E-state index contributed by atoms with van der Waals surface area (Å²) in [4.78, 5) is 38.9. The summed E-state index contributed by atoms with van der Waals surface area (Å²) >= 11 is 0. The highest BCUT2D eigenvalue weighted by molar-refractivity contribution is 5.94. The summed E-state index contributed by atoms with van der Waals surface area (Å²) in [5.41, 5.74) is 3.58. The molecule has 1 aliphatic heterocycles. The highest BCUT2D eigenvalue weighted by Crippen LogP contribution is 2.28. The number of hydrogen-bond donors (Lipinski definition) is 1. The molecular weight excluding hydrogens is 492 g/mol. The van der Waals surface area contributed by atoms with E-state index in [1.807, 2.05) is 66.9 Å². The van der Waals surface area contributed by atoms with Crippen molar-refractivity contribution < 1.29 is 14.3 Å². The van der Waals surface area contributed by atoms with Gasteiger partial charge in [0.05, 0.1) is 36.2 Å². The maximum atomic E-state index is 12.9. The van der Waals surface area contributed by atoms with E-state index in [1.54, 1.807) is 6.20 Å². The Hall–Kier alpha value is -3.62. The summed E-state index contributed by atoms with van der Waals surface area (Å²) in [6, 6.07) is 5.87. The summed E-state index contributed by atoms with van der Waals surface area (Å²) < 4.78 is 7.64. The monoisotopic (exact) mass is 532 g/mol. The van der Waals surface area contributed by atoms with E-state index in [-0.39, 0.29) is 12.0 Å². The number of amides is 2. The second kappa shape index (κ2) is 11.6. The van der Waals surface area contributed by atoms with Crippen molar-refractivity contribution in [3.05, 3.63) is 59.8 Å². The Kier molecular flexibility index (Phi) is 8.04. The van der Waals surface area contributed by atoms with Crippen molar-refractivity contribution in [3.8, 4) is 0 Å². The second-order valence-electron chi connectivity index (χ2n) is 11.9. The molecule has 3 aromatic rings. The van der Waals surface area contributed by atoms with Crippen LogP contribution in [0.1, 0.15) is 80.9 Å². The number of nitrogens with zero attached hydrogens (tertiary/aromatic N) is 5. The minimum Gasteiger partial charge on any atom is -0.444 e. The smallest absolute Gasteiger partial charge is 0.410 e. The number of hydrogen-bond acceptors (Lipinski definition) is 6. The van der Waals surface area contributed by atoms with E-state index in [4.69, 9.17) is 4.74 Å². The molecule has 4 heterocycles. The van der Waals surface area contributed by atoms with Gasteiger partial charge in [-0.2, -0.15) is 0 Å². The van der Waals surface area contributed by atoms with Gasteiger partial charge in [0.2, 0.25) is 0 Å². The maximum Gasteiger partial charge on any atom is 0.410 e. The van der Waals surface area contributed by atoms with Crippen LogP contribution in [-0.2, 0) is 17.8 Å². The summed E-state index contributed by atoms with van der Waals surface area (Å²) in [5.74, 6) is 0.378. The molecule has 0 bridgehead atoms. The Labute approximate surface area is 230 Å². The molecule has 1 N–H and O–H groups in total. The number of rotatable bonds is 8. The summed E-state index contributed by atoms with van der Waals surface area (Å²) in [7, 11) is 0. The Bertz CT molecular complexity index is 1300. The Balaban J connectivity index is 1.22. The van der Waals surface area contributed by atoms with Gasteiger partial charge in [-0.25, -0.2) is 9.78 Å². The molecule has 0 unspecified atom stereocenters. The number of pyridine rings is 2. The van der Waals surface area contributed by atoms with Crippen LogP contribution in [0.15, 0.2) is 43.0 Å². The lowest BCUT2D eigenvalue weighted by Crippen LogP contribution is -2.40. The van der Waals surface area contributed by atoms with Gasteiger partial charge in [-0.3, -0.25) is 9.78 Å². The molecule has 9 heteroatoms. The van der Waals surface area contributed by atoms with Gasteiger partial charge in [-0.1, -0.05) is 12.5 Å². The summed E-state index contributed by atoms with van der Waals surface area (Å²) in [6.07, 6.45) is 14.2. The van der Waals surface area contributed by atoms with E-state index in [0.717, 1.165) is 48.5 Å². The third-order valence-electron chi connectivity index (χ3n) is 7.43. The number of nitrogens with one attached hydrogen (secondary N) is 1. The van der Waals surface area contributed by atoms with Crippen LogP contribution in [0.5, 0.6) is 0 Å². The molecule has 1 saturated heterocycles. The normalized spacial score (nSPS) is 16.1. The zero-order chi connectivity index (χ0) is 27.4. The van der Waals surface area contributed by atoms with Gasteiger partial charge in [0, 0.05) is 38.2 Å². The van der Waals surface area contributed by atoms with Crippen LogP contribution in [-0.4, -0.2) is 56.5 Å². The van der Waals surface area contributed by atoms with E-state index < -0.39 is 5.60 Å². The van der Waals surface area contributed by atoms with Crippen LogP contribution < -0.4 is 10.2 Å². The number of fused-ring (bicyclic) bond motifs is 1. The van der Waals surface area contributed by atoms with Crippen molar-refractivity contribution in [1.29, 1.82) is 0 Å². The predicted octanol–water partition coefficient (Wildman–Crippen LogP) is 5.19. The average molecular weight is 533 g/mol. The van der Waals surface area contributed by atoms with Gasteiger partial charge in [0.25, 0.3) is 5.91 Å². The van der Waals surface area contributed by atoms with E-state index in [9.17, 15) is 9.59 Å². The van der Waals surface area contributed by atoms with Crippen LogP contribution in [0.25, 0.3) is 5.65 Å². The molecule has 208 valence electrons. The summed E-state index contributed by atoms with van der Waals surface area (Å²) in [6.45, 7) is 9.20. The van der Waals surface area contributed by atoms with E-state index in [0.29, 0.717) is 31.1 Å². The number of anilines is 1. The molecular formula is C30H40N6O3. The first-order valence-electron chi connectivity index (χ1n) is 14.2. The number of piperidine rings is 1. The van der Waals surface area contributed by atoms with Crippen molar-refractivity contribution in [1.82, 2.24) is 24.6 Å². The first kappa shape index (κ1) is 27.0. The second-order valence-corrected chi connectivity index (χ2v) is 11.9. The van der Waals surface area contributed by atoms with Crippen molar-refractivity contribution in [2.45, 2.75) is 78.0 Å².